The summed E-state index contributed by atoms with van der Waals surface area (Å²) in [7, 11) is 0. The largest absolute Gasteiger partial charge is 0.313 e. The van der Waals surface area contributed by atoms with Gasteiger partial charge in [0.2, 0.25) is 0 Å². The van der Waals surface area contributed by atoms with E-state index in [0.717, 1.165) is 24.5 Å². The summed E-state index contributed by atoms with van der Waals surface area (Å²) >= 11 is 5.90. The maximum absolute atomic E-state index is 5.90. The molecule has 1 aromatic carbocycles. The van der Waals surface area contributed by atoms with Crippen LogP contribution in [0.15, 0.2) is 24.3 Å². The standard InChI is InChI=1S/C15H23ClN2/c1-2-17-15-4-3-10-18(12-15)11-9-13-5-7-14(16)8-6-13/h5-8,15,17H,2-4,9-12H2,1H3. The van der Waals surface area contributed by atoms with E-state index in [2.05, 4.69) is 29.3 Å². The van der Waals surface area contributed by atoms with Crippen molar-refractivity contribution in [1.82, 2.24) is 10.2 Å². The number of piperidine rings is 1. The maximum Gasteiger partial charge on any atom is 0.0406 e. The molecule has 2 rings (SSSR count). The monoisotopic (exact) mass is 266 g/mol. The zero-order chi connectivity index (χ0) is 12.8. The van der Waals surface area contributed by atoms with Gasteiger partial charge in [-0.3, -0.25) is 0 Å². The van der Waals surface area contributed by atoms with Gasteiger partial charge in [0.15, 0.2) is 0 Å². The lowest BCUT2D eigenvalue weighted by Gasteiger charge is -2.33. The van der Waals surface area contributed by atoms with Crippen LogP contribution in [0.3, 0.4) is 0 Å². The van der Waals surface area contributed by atoms with Gasteiger partial charge < -0.3 is 10.2 Å². The van der Waals surface area contributed by atoms with Crippen molar-refractivity contribution in [2.75, 3.05) is 26.2 Å². The summed E-state index contributed by atoms with van der Waals surface area (Å²) in [5.74, 6) is 0. The fourth-order valence-electron chi connectivity index (χ4n) is 2.65. The van der Waals surface area contributed by atoms with Gasteiger partial charge in [0.1, 0.15) is 0 Å². The molecule has 100 valence electrons. The number of likely N-dealkylation sites (N-methyl/N-ethyl adjacent to an activating group) is 1. The summed E-state index contributed by atoms with van der Waals surface area (Å²) in [4.78, 5) is 2.57. The minimum Gasteiger partial charge on any atom is -0.313 e. The number of hydrogen-bond donors (Lipinski definition) is 1. The van der Waals surface area contributed by atoms with Gasteiger partial charge >= 0.3 is 0 Å². The Morgan fingerprint density at radius 2 is 2.11 bits per heavy atom. The van der Waals surface area contributed by atoms with E-state index >= 15 is 0 Å². The molecule has 1 saturated heterocycles. The molecule has 0 amide bonds. The zero-order valence-electron chi connectivity index (χ0n) is 11.2. The van der Waals surface area contributed by atoms with Crippen LogP contribution >= 0.6 is 11.6 Å². The molecule has 3 heteroatoms. The van der Waals surface area contributed by atoms with E-state index in [0.29, 0.717) is 6.04 Å². The number of hydrogen-bond acceptors (Lipinski definition) is 2. The van der Waals surface area contributed by atoms with Gasteiger partial charge in [-0.2, -0.15) is 0 Å². The molecule has 0 spiro atoms. The molecule has 0 saturated carbocycles. The SMILES string of the molecule is CCNC1CCCN(CCc2ccc(Cl)cc2)C1. The van der Waals surface area contributed by atoms with E-state index in [1.807, 2.05) is 12.1 Å². The van der Waals surface area contributed by atoms with Crippen molar-refractivity contribution < 1.29 is 0 Å². The predicted octanol–water partition coefficient (Wildman–Crippen LogP) is 2.96. The van der Waals surface area contributed by atoms with Crippen LogP contribution < -0.4 is 5.32 Å². The first-order chi connectivity index (χ1) is 8.78. The second kappa shape index (κ2) is 7.13. The minimum atomic E-state index is 0.689. The van der Waals surface area contributed by atoms with Crippen molar-refractivity contribution in [2.45, 2.75) is 32.2 Å². The van der Waals surface area contributed by atoms with E-state index in [1.54, 1.807) is 0 Å². The van der Waals surface area contributed by atoms with Crippen LogP contribution in [0.25, 0.3) is 0 Å². The molecule has 0 aromatic heterocycles. The van der Waals surface area contributed by atoms with Gasteiger partial charge in [0.05, 0.1) is 0 Å². The Balaban J connectivity index is 1.77. The molecule has 18 heavy (non-hydrogen) atoms. The summed E-state index contributed by atoms with van der Waals surface area (Å²) in [6.45, 7) is 6.86. The third kappa shape index (κ3) is 4.27. The summed E-state index contributed by atoms with van der Waals surface area (Å²) < 4.78 is 0. The highest BCUT2D eigenvalue weighted by Gasteiger charge is 2.18. The van der Waals surface area contributed by atoms with Crippen molar-refractivity contribution in [3.05, 3.63) is 34.9 Å². The van der Waals surface area contributed by atoms with Crippen molar-refractivity contribution in [3.8, 4) is 0 Å². The van der Waals surface area contributed by atoms with Crippen molar-refractivity contribution >= 4 is 11.6 Å². The molecular formula is C15H23ClN2. The van der Waals surface area contributed by atoms with E-state index in [9.17, 15) is 0 Å². The normalized spacial score (nSPS) is 21.1. The summed E-state index contributed by atoms with van der Waals surface area (Å²) in [5.41, 5.74) is 1.38. The number of nitrogens with zero attached hydrogens (tertiary/aromatic N) is 1. The fraction of sp³-hybridized carbons (Fsp3) is 0.600. The number of nitrogens with one attached hydrogen (secondary N) is 1. The Morgan fingerprint density at radius 1 is 1.33 bits per heavy atom. The highest BCUT2D eigenvalue weighted by Crippen LogP contribution is 2.13. The van der Waals surface area contributed by atoms with Crippen LogP contribution in [0.1, 0.15) is 25.3 Å². The molecule has 0 bridgehead atoms. The highest BCUT2D eigenvalue weighted by molar-refractivity contribution is 6.30. The molecule has 1 N–H and O–H groups in total. The number of halogens is 1. The Hall–Kier alpha value is -0.570. The second-order valence-corrected chi connectivity index (χ2v) is 5.51. The average molecular weight is 267 g/mol. The molecule has 1 fully saturated rings. The van der Waals surface area contributed by atoms with E-state index in [4.69, 9.17) is 11.6 Å². The third-order valence-corrected chi connectivity index (χ3v) is 3.88. The van der Waals surface area contributed by atoms with Crippen LogP contribution in [0.4, 0.5) is 0 Å². The van der Waals surface area contributed by atoms with Crippen LogP contribution in [0.2, 0.25) is 5.02 Å². The zero-order valence-corrected chi connectivity index (χ0v) is 11.9. The predicted molar refractivity (Wildman–Crippen MR) is 78.3 cm³/mol. The maximum atomic E-state index is 5.90. The molecule has 1 aromatic rings. The lowest BCUT2D eigenvalue weighted by Crippen LogP contribution is -2.46. The van der Waals surface area contributed by atoms with Crippen LogP contribution in [-0.2, 0) is 6.42 Å². The second-order valence-electron chi connectivity index (χ2n) is 5.07. The van der Waals surface area contributed by atoms with Crippen LogP contribution in [0, 0.1) is 0 Å². The Morgan fingerprint density at radius 3 is 2.83 bits per heavy atom. The van der Waals surface area contributed by atoms with Gasteiger partial charge in [0, 0.05) is 24.2 Å². The lowest BCUT2D eigenvalue weighted by molar-refractivity contribution is 0.194. The van der Waals surface area contributed by atoms with Crippen molar-refractivity contribution in [1.29, 1.82) is 0 Å². The first-order valence-electron chi connectivity index (χ1n) is 6.98. The molecule has 1 aliphatic rings. The summed E-state index contributed by atoms with van der Waals surface area (Å²) in [6.07, 6.45) is 3.76. The van der Waals surface area contributed by atoms with Gasteiger partial charge in [0.25, 0.3) is 0 Å². The quantitative estimate of drug-likeness (QED) is 0.882. The van der Waals surface area contributed by atoms with Crippen molar-refractivity contribution in [3.63, 3.8) is 0 Å². The minimum absolute atomic E-state index is 0.689. The van der Waals surface area contributed by atoms with E-state index < -0.39 is 0 Å². The smallest absolute Gasteiger partial charge is 0.0406 e. The average Bonchev–Trinajstić information content (AvgIpc) is 2.39. The molecule has 1 aliphatic heterocycles. The van der Waals surface area contributed by atoms with Crippen LogP contribution in [0.5, 0.6) is 0 Å². The van der Waals surface area contributed by atoms with Gasteiger partial charge in [-0.1, -0.05) is 30.7 Å². The molecule has 1 heterocycles. The molecule has 0 aliphatic carbocycles. The molecule has 2 nitrogen and oxygen atoms in total. The first-order valence-corrected chi connectivity index (χ1v) is 7.36. The number of likely N-dealkylation sites (tertiary alicyclic amines) is 1. The highest BCUT2D eigenvalue weighted by atomic mass is 35.5. The summed E-state index contributed by atoms with van der Waals surface area (Å²) in [5, 5.41) is 4.38. The lowest BCUT2D eigenvalue weighted by atomic mass is 10.0. The Bertz CT molecular complexity index is 348. The van der Waals surface area contributed by atoms with Gasteiger partial charge in [-0.15, -0.1) is 0 Å². The topological polar surface area (TPSA) is 15.3 Å². The van der Waals surface area contributed by atoms with E-state index in [-0.39, 0.29) is 0 Å². The van der Waals surface area contributed by atoms with Crippen LogP contribution in [-0.4, -0.2) is 37.1 Å². The van der Waals surface area contributed by atoms with Crippen molar-refractivity contribution in [2.24, 2.45) is 0 Å². The summed E-state index contributed by atoms with van der Waals surface area (Å²) in [6, 6.07) is 8.92. The molecule has 1 atom stereocenters. The Labute approximate surface area is 115 Å². The first kappa shape index (κ1) is 13.9. The van der Waals surface area contributed by atoms with Gasteiger partial charge in [-0.25, -0.2) is 0 Å². The van der Waals surface area contributed by atoms with E-state index in [1.165, 1.54) is 31.5 Å². The third-order valence-electron chi connectivity index (χ3n) is 3.63. The number of rotatable bonds is 5. The Kier molecular flexibility index (Phi) is 5.48. The van der Waals surface area contributed by atoms with Gasteiger partial charge in [-0.05, 0) is 50.0 Å². The number of benzene rings is 1. The molecule has 0 radical (unpaired) electrons. The fourth-order valence-corrected chi connectivity index (χ4v) is 2.78. The molecule has 1 unspecified atom stereocenters. The molecular weight excluding hydrogens is 244 g/mol.